The molecule has 38 heavy (non-hydrogen) atoms. The molecule has 4 aromatic rings. The smallest absolute Gasteiger partial charge is 0.229 e. The van der Waals surface area contributed by atoms with E-state index < -0.39 is 0 Å². The first-order valence-electron chi connectivity index (χ1n) is 14.1. The van der Waals surface area contributed by atoms with Gasteiger partial charge in [-0.05, 0) is 62.5 Å². The van der Waals surface area contributed by atoms with E-state index in [1.165, 1.54) is 42.8 Å². The van der Waals surface area contributed by atoms with Gasteiger partial charge in [0.05, 0.1) is 24.3 Å². The number of aromatic nitrogens is 6. The van der Waals surface area contributed by atoms with E-state index in [2.05, 4.69) is 81.6 Å². The SMILES string of the molecule is CC.CC(C)n1cnc2c(Nc3cnn(C(c4ccccc4)C4CCSCC4)c3)nc(N3CCCC3)nc21. The highest BCUT2D eigenvalue weighted by Gasteiger charge is 2.28. The summed E-state index contributed by atoms with van der Waals surface area (Å²) in [5, 5.41) is 8.40. The predicted molar refractivity (Wildman–Crippen MR) is 159 cm³/mol. The lowest BCUT2D eigenvalue weighted by molar-refractivity contribution is 0.332. The molecule has 0 amide bonds. The first-order valence-corrected chi connectivity index (χ1v) is 15.3. The minimum Gasteiger partial charge on any atom is -0.341 e. The van der Waals surface area contributed by atoms with Crippen molar-refractivity contribution in [2.75, 3.05) is 34.8 Å². The number of anilines is 3. The molecule has 1 aromatic carbocycles. The summed E-state index contributed by atoms with van der Waals surface area (Å²) in [5.74, 6) is 4.54. The molecule has 0 saturated carbocycles. The second-order valence-corrected chi connectivity index (χ2v) is 11.3. The Labute approximate surface area is 230 Å². The third kappa shape index (κ3) is 5.53. The fourth-order valence-electron chi connectivity index (χ4n) is 5.44. The van der Waals surface area contributed by atoms with Gasteiger partial charge in [-0.15, -0.1) is 0 Å². The molecule has 1 atom stereocenters. The summed E-state index contributed by atoms with van der Waals surface area (Å²) in [6.07, 6.45) is 10.7. The Morgan fingerprint density at radius 2 is 1.74 bits per heavy atom. The van der Waals surface area contributed by atoms with Gasteiger partial charge in [0.1, 0.15) is 0 Å². The van der Waals surface area contributed by atoms with Crippen LogP contribution in [0.2, 0.25) is 0 Å². The molecule has 2 aliphatic heterocycles. The number of imidazole rings is 1. The average Bonchev–Trinajstić information content (AvgIpc) is 3.73. The summed E-state index contributed by atoms with van der Waals surface area (Å²) in [7, 11) is 0. The Morgan fingerprint density at radius 1 is 1.00 bits per heavy atom. The van der Waals surface area contributed by atoms with Gasteiger partial charge in [0.25, 0.3) is 0 Å². The van der Waals surface area contributed by atoms with Crippen LogP contribution in [-0.2, 0) is 0 Å². The summed E-state index contributed by atoms with van der Waals surface area (Å²) in [6, 6.07) is 11.3. The lowest BCUT2D eigenvalue weighted by Gasteiger charge is -2.30. The van der Waals surface area contributed by atoms with E-state index in [9.17, 15) is 0 Å². The normalized spacial score (nSPS) is 17.0. The highest BCUT2D eigenvalue weighted by atomic mass is 32.2. The van der Waals surface area contributed by atoms with E-state index in [0.29, 0.717) is 5.92 Å². The van der Waals surface area contributed by atoms with Crippen molar-refractivity contribution in [2.45, 2.75) is 65.5 Å². The number of benzene rings is 1. The van der Waals surface area contributed by atoms with Crippen LogP contribution in [0.1, 0.15) is 71.0 Å². The molecule has 9 heteroatoms. The van der Waals surface area contributed by atoms with Crippen LogP contribution in [-0.4, -0.2) is 53.9 Å². The highest BCUT2D eigenvalue weighted by molar-refractivity contribution is 7.99. The fourth-order valence-corrected chi connectivity index (χ4v) is 6.59. The first kappa shape index (κ1) is 26.5. The van der Waals surface area contributed by atoms with E-state index in [4.69, 9.17) is 20.1 Å². The summed E-state index contributed by atoms with van der Waals surface area (Å²) in [4.78, 5) is 16.8. The Morgan fingerprint density at radius 3 is 2.45 bits per heavy atom. The van der Waals surface area contributed by atoms with Gasteiger partial charge in [-0.25, -0.2) is 4.98 Å². The summed E-state index contributed by atoms with van der Waals surface area (Å²) < 4.78 is 4.27. The molecule has 0 radical (unpaired) electrons. The zero-order chi connectivity index (χ0) is 26.5. The van der Waals surface area contributed by atoms with Crippen molar-refractivity contribution in [1.29, 1.82) is 0 Å². The molecule has 1 N–H and O–H groups in total. The molecule has 202 valence electrons. The number of nitrogens with zero attached hydrogens (tertiary/aromatic N) is 7. The van der Waals surface area contributed by atoms with Crippen LogP contribution in [0.15, 0.2) is 49.1 Å². The van der Waals surface area contributed by atoms with Crippen LogP contribution < -0.4 is 10.2 Å². The summed E-state index contributed by atoms with van der Waals surface area (Å²) >= 11 is 2.06. The van der Waals surface area contributed by atoms with Gasteiger partial charge in [0.15, 0.2) is 17.0 Å². The standard InChI is InChI=1S/C27H34N8S.C2H6/c1-19(2)34-18-28-23-25(31-27(32-26(23)34)33-12-6-7-13-33)30-22-16-29-35(17-22)24(20-8-4-3-5-9-20)21-10-14-36-15-11-21;1-2/h3-5,8-9,16-19,21,24H,6-7,10-15H2,1-2H3,(H,30,31,32);1-2H3. The molecular formula is C29H40N8S. The molecular weight excluding hydrogens is 492 g/mol. The molecule has 5 heterocycles. The van der Waals surface area contributed by atoms with E-state index >= 15 is 0 Å². The predicted octanol–water partition coefficient (Wildman–Crippen LogP) is 6.71. The summed E-state index contributed by atoms with van der Waals surface area (Å²) in [6.45, 7) is 10.3. The Balaban J connectivity index is 0.00000144. The fraction of sp³-hybridized carbons (Fsp3) is 0.517. The van der Waals surface area contributed by atoms with Gasteiger partial charge < -0.3 is 14.8 Å². The number of thioether (sulfide) groups is 1. The molecule has 0 spiro atoms. The maximum Gasteiger partial charge on any atom is 0.229 e. The second kappa shape index (κ2) is 12.2. The third-order valence-electron chi connectivity index (χ3n) is 7.36. The maximum atomic E-state index is 4.94. The number of nitrogens with one attached hydrogen (secondary N) is 1. The zero-order valence-corrected chi connectivity index (χ0v) is 23.9. The number of hydrogen-bond acceptors (Lipinski definition) is 7. The van der Waals surface area contributed by atoms with E-state index in [0.717, 1.165) is 41.7 Å². The van der Waals surface area contributed by atoms with E-state index in [1.807, 2.05) is 26.4 Å². The quantitative estimate of drug-likeness (QED) is 0.284. The van der Waals surface area contributed by atoms with Crippen LogP contribution in [0.3, 0.4) is 0 Å². The van der Waals surface area contributed by atoms with Crippen LogP contribution in [0.4, 0.5) is 17.5 Å². The Kier molecular flexibility index (Phi) is 8.51. The molecule has 2 saturated heterocycles. The highest BCUT2D eigenvalue weighted by Crippen LogP contribution is 2.37. The van der Waals surface area contributed by atoms with Gasteiger partial charge in [-0.2, -0.15) is 26.8 Å². The molecule has 2 aliphatic rings. The third-order valence-corrected chi connectivity index (χ3v) is 8.41. The lowest BCUT2D eigenvalue weighted by Crippen LogP contribution is -2.24. The largest absolute Gasteiger partial charge is 0.341 e. The number of fused-ring (bicyclic) bond motifs is 1. The maximum absolute atomic E-state index is 4.94. The van der Waals surface area contributed by atoms with E-state index in [-0.39, 0.29) is 12.1 Å². The van der Waals surface area contributed by atoms with Crippen molar-refractivity contribution in [3.8, 4) is 0 Å². The molecule has 0 aliphatic carbocycles. The van der Waals surface area contributed by atoms with Gasteiger partial charge in [-0.3, -0.25) is 4.68 Å². The molecule has 2 fully saturated rings. The van der Waals surface area contributed by atoms with Crippen molar-refractivity contribution < 1.29 is 0 Å². The van der Waals surface area contributed by atoms with Crippen molar-refractivity contribution in [3.63, 3.8) is 0 Å². The molecule has 3 aromatic heterocycles. The minimum absolute atomic E-state index is 0.230. The second-order valence-electron chi connectivity index (χ2n) is 10.1. The van der Waals surface area contributed by atoms with Crippen molar-refractivity contribution >= 4 is 40.4 Å². The van der Waals surface area contributed by atoms with Crippen LogP contribution in [0, 0.1) is 5.92 Å². The minimum atomic E-state index is 0.230. The van der Waals surface area contributed by atoms with Gasteiger partial charge in [0, 0.05) is 25.3 Å². The lowest BCUT2D eigenvalue weighted by atomic mass is 9.88. The topological polar surface area (TPSA) is 76.7 Å². The van der Waals surface area contributed by atoms with Gasteiger partial charge >= 0.3 is 0 Å². The van der Waals surface area contributed by atoms with Crippen LogP contribution in [0.25, 0.3) is 11.2 Å². The van der Waals surface area contributed by atoms with Crippen molar-refractivity contribution in [2.24, 2.45) is 5.92 Å². The molecule has 0 bridgehead atoms. The van der Waals surface area contributed by atoms with Gasteiger partial charge in [-0.1, -0.05) is 44.2 Å². The van der Waals surface area contributed by atoms with Crippen LogP contribution >= 0.6 is 11.8 Å². The van der Waals surface area contributed by atoms with Crippen molar-refractivity contribution in [1.82, 2.24) is 29.3 Å². The van der Waals surface area contributed by atoms with Gasteiger partial charge in [0.2, 0.25) is 5.95 Å². The Bertz CT molecular complexity index is 1300. The first-order chi connectivity index (χ1) is 18.7. The summed E-state index contributed by atoms with van der Waals surface area (Å²) in [5.41, 5.74) is 3.91. The van der Waals surface area contributed by atoms with E-state index in [1.54, 1.807) is 0 Å². The average molecular weight is 533 g/mol. The van der Waals surface area contributed by atoms with Crippen molar-refractivity contribution in [3.05, 3.63) is 54.6 Å². The number of rotatable bonds is 7. The molecule has 6 rings (SSSR count). The zero-order valence-electron chi connectivity index (χ0n) is 23.0. The Hall–Kier alpha value is -3.07. The monoisotopic (exact) mass is 532 g/mol. The molecule has 8 nitrogen and oxygen atoms in total. The number of hydrogen-bond donors (Lipinski definition) is 1. The van der Waals surface area contributed by atoms with Crippen LogP contribution in [0.5, 0.6) is 0 Å². The molecule has 1 unspecified atom stereocenters.